The zero-order valence-electron chi connectivity index (χ0n) is 13.7. The molecule has 1 aliphatic rings. The van der Waals surface area contributed by atoms with Crippen molar-refractivity contribution < 1.29 is 14.0 Å². The molecule has 0 atom stereocenters. The number of hydrogen-bond donors (Lipinski definition) is 2. The van der Waals surface area contributed by atoms with Crippen LogP contribution >= 0.6 is 0 Å². The zero-order chi connectivity index (χ0) is 17.6. The third-order valence-corrected chi connectivity index (χ3v) is 3.96. The molecule has 2 aromatic rings. The molecule has 0 saturated carbocycles. The van der Waals surface area contributed by atoms with Gasteiger partial charge in [0.1, 0.15) is 11.6 Å². The lowest BCUT2D eigenvalue weighted by atomic mass is 10.1. The number of nitrogens with one attached hydrogen (secondary N) is 2. The Balaban J connectivity index is 1.58. The summed E-state index contributed by atoms with van der Waals surface area (Å²) in [6, 6.07) is 9.67. The molecule has 2 amide bonds. The normalized spacial score (nSPS) is 13.8. The highest BCUT2D eigenvalue weighted by Crippen LogP contribution is 2.23. The topological polar surface area (TPSA) is 74.3 Å². The Morgan fingerprint density at radius 3 is 2.84 bits per heavy atom. The van der Waals surface area contributed by atoms with Crippen molar-refractivity contribution in [1.82, 2.24) is 10.3 Å². The molecule has 1 aromatic heterocycles. The SMILES string of the molecule is O=C(NCCNc1ccccn1)c1cc(N2CCCC2=O)ccc1F. The van der Waals surface area contributed by atoms with Crippen molar-refractivity contribution in [2.75, 3.05) is 29.9 Å². The van der Waals surface area contributed by atoms with Crippen LogP contribution in [-0.2, 0) is 4.79 Å². The molecule has 7 heteroatoms. The van der Waals surface area contributed by atoms with Gasteiger partial charge in [-0.25, -0.2) is 9.37 Å². The number of pyridine rings is 1. The molecule has 0 aliphatic carbocycles. The van der Waals surface area contributed by atoms with Crippen LogP contribution in [-0.4, -0.2) is 36.4 Å². The zero-order valence-corrected chi connectivity index (χ0v) is 13.7. The number of aromatic nitrogens is 1. The highest BCUT2D eigenvalue weighted by molar-refractivity contribution is 5.99. The van der Waals surface area contributed by atoms with Gasteiger partial charge in [0.15, 0.2) is 0 Å². The van der Waals surface area contributed by atoms with Crippen molar-refractivity contribution in [3.8, 4) is 0 Å². The summed E-state index contributed by atoms with van der Waals surface area (Å²) in [5.41, 5.74) is 0.496. The fourth-order valence-electron chi connectivity index (χ4n) is 2.71. The number of hydrogen-bond acceptors (Lipinski definition) is 4. The van der Waals surface area contributed by atoms with E-state index in [2.05, 4.69) is 15.6 Å². The van der Waals surface area contributed by atoms with E-state index in [4.69, 9.17) is 0 Å². The molecular weight excluding hydrogens is 323 g/mol. The van der Waals surface area contributed by atoms with Crippen molar-refractivity contribution >= 4 is 23.3 Å². The number of anilines is 2. The van der Waals surface area contributed by atoms with Crippen molar-refractivity contribution in [3.05, 3.63) is 54.0 Å². The third kappa shape index (κ3) is 4.12. The van der Waals surface area contributed by atoms with Gasteiger partial charge >= 0.3 is 0 Å². The van der Waals surface area contributed by atoms with Crippen LogP contribution in [0.4, 0.5) is 15.9 Å². The van der Waals surface area contributed by atoms with Crippen LogP contribution in [0.1, 0.15) is 23.2 Å². The fraction of sp³-hybridized carbons (Fsp3) is 0.278. The summed E-state index contributed by atoms with van der Waals surface area (Å²) in [5.74, 6) is -0.408. The number of carbonyl (C=O) groups excluding carboxylic acids is 2. The summed E-state index contributed by atoms with van der Waals surface area (Å²) >= 11 is 0. The molecular formula is C18H19FN4O2. The van der Waals surface area contributed by atoms with Gasteiger partial charge in [-0.1, -0.05) is 6.07 Å². The quantitative estimate of drug-likeness (QED) is 0.789. The van der Waals surface area contributed by atoms with Gasteiger partial charge in [-0.2, -0.15) is 0 Å². The van der Waals surface area contributed by atoms with E-state index in [9.17, 15) is 14.0 Å². The minimum Gasteiger partial charge on any atom is -0.368 e. The van der Waals surface area contributed by atoms with Gasteiger partial charge in [0.05, 0.1) is 5.56 Å². The minimum atomic E-state index is -0.606. The number of carbonyl (C=O) groups is 2. The van der Waals surface area contributed by atoms with Crippen LogP contribution in [0, 0.1) is 5.82 Å². The summed E-state index contributed by atoms with van der Waals surface area (Å²) in [4.78, 5) is 29.7. The van der Waals surface area contributed by atoms with E-state index in [-0.39, 0.29) is 11.5 Å². The van der Waals surface area contributed by atoms with Crippen molar-refractivity contribution in [2.24, 2.45) is 0 Å². The second kappa shape index (κ2) is 7.74. The van der Waals surface area contributed by atoms with Gasteiger partial charge in [-0.3, -0.25) is 9.59 Å². The number of rotatable bonds is 6. The maximum absolute atomic E-state index is 14.0. The van der Waals surface area contributed by atoms with Crippen LogP contribution in [0.15, 0.2) is 42.6 Å². The van der Waals surface area contributed by atoms with E-state index in [0.717, 1.165) is 6.42 Å². The standard InChI is InChI=1S/C18H19FN4O2/c19-15-7-6-13(23-11-3-5-17(23)24)12-14(15)18(25)22-10-9-21-16-4-1-2-8-20-16/h1-2,4,6-8,12H,3,5,9-11H2,(H,20,21)(H,22,25). The molecule has 1 aromatic carbocycles. The van der Waals surface area contributed by atoms with Gasteiger partial charge in [0, 0.05) is 37.9 Å². The molecule has 0 radical (unpaired) electrons. The number of halogens is 1. The van der Waals surface area contributed by atoms with E-state index in [1.165, 1.54) is 18.2 Å². The van der Waals surface area contributed by atoms with E-state index in [0.29, 0.717) is 37.6 Å². The summed E-state index contributed by atoms with van der Waals surface area (Å²) < 4.78 is 14.0. The maximum atomic E-state index is 14.0. The minimum absolute atomic E-state index is 0.00229. The van der Waals surface area contributed by atoms with Crippen LogP contribution in [0.5, 0.6) is 0 Å². The molecule has 0 unspecified atom stereocenters. The lowest BCUT2D eigenvalue weighted by Gasteiger charge is -2.17. The average molecular weight is 342 g/mol. The Labute approximate surface area is 145 Å². The fourth-order valence-corrected chi connectivity index (χ4v) is 2.71. The molecule has 0 bridgehead atoms. The first-order valence-electron chi connectivity index (χ1n) is 8.18. The molecule has 6 nitrogen and oxygen atoms in total. The molecule has 1 fully saturated rings. The molecule has 2 N–H and O–H groups in total. The Bertz CT molecular complexity index is 767. The smallest absolute Gasteiger partial charge is 0.254 e. The number of amides is 2. The highest BCUT2D eigenvalue weighted by atomic mass is 19.1. The second-order valence-corrected chi connectivity index (χ2v) is 5.71. The molecule has 1 saturated heterocycles. The lowest BCUT2D eigenvalue weighted by molar-refractivity contribution is -0.117. The van der Waals surface area contributed by atoms with Crippen molar-refractivity contribution in [3.63, 3.8) is 0 Å². The Kier molecular flexibility index (Phi) is 5.23. The second-order valence-electron chi connectivity index (χ2n) is 5.71. The maximum Gasteiger partial charge on any atom is 0.254 e. The van der Waals surface area contributed by atoms with Crippen LogP contribution in [0.2, 0.25) is 0 Å². The summed E-state index contributed by atoms with van der Waals surface area (Å²) in [7, 11) is 0. The highest BCUT2D eigenvalue weighted by Gasteiger charge is 2.23. The Hall–Kier alpha value is -2.96. The van der Waals surface area contributed by atoms with E-state index < -0.39 is 11.7 Å². The molecule has 1 aliphatic heterocycles. The van der Waals surface area contributed by atoms with E-state index in [1.807, 2.05) is 18.2 Å². The predicted octanol–water partition coefficient (Wildman–Crippen LogP) is 2.19. The first kappa shape index (κ1) is 16.9. The average Bonchev–Trinajstić information content (AvgIpc) is 3.06. The largest absolute Gasteiger partial charge is 0.368 e. The molecule has 2 heterocycles. The first-order valence-corrected chi connectivity index (χ1v) is 8.18. The predicted molar refractivity (Wildman–Crippen MR) is 93.0 cm³/mol. The molecule has 0 spiro atoms. The van der Waals surface area contributed by atoms with Crippen LogP contribution in [0.3, 0.4) is 0 Å². The lowest BCUT2D eigenvalue weighted by Crippen LogP contribution is -2.30. The summed E-state index contributed by atoms with van der Waals surface area (Å²) in [6.45, 7) is 1.38. The van der Waals surface area contributed by atoms with E-state index >= 15 is 0 Å². The summed E-state index contributed by atoms with van der Waals surface area (Å²) in [6.07, 6.45) is 2.93. The third-order valence-electron chi connectivity index (χ3n) is 3.96. The molecule has 25 heavy (non-hydrogen) atoms. The monoisotopic (exact) mass is 342 g/mol. The van der Waals surface area contributed by atoms with Gasteiger partial charge in [0.25, 0.3) is 5.91 Å². The Morgan fingerprint density at radius 1 is 1.24 bits per heavy atom. The number of benzene rings is 1. The van der Waals surface area contributed by atoms with Gasteiger partial charge < -0.3 is 15.5 Å². The van der Waals surface area contributed by atoms with E-state index in [1.54, 1.807) is 11.1 Å². The first-order chi connectivity index (χ1) is 12.1. The van der Waals surface area contributed by atoms with Crippen molar-refractivity contribution in [1.29, 1.82) is 0 Å². The summed E-state index contributed by atoms with van der Waals surface area (Å²) in [5, 5.41) is 5.72. The van der Waals surface area contributed by atoms with Gasteiger partial charge in [0.2, 0.25) is 5.91 Å². The Morgan fingerprint density at radius 2 is 2.12 bits per heavy atom. The van der Waals surface area contributed by atoms with Gasteiger partial charge in [-0.15, -0.1) is 0 Å². The molecule has 3 rings (SSSR count). The van der Waals surface area contributed by atoms with Gasteiger partial charge in [-0.05, 0) is 36.8 Å². The van der Waals surface area contributed by atoms with Crippen LogP contribution < -0.4 is 15.5 Å². The molecule has 130 valence electrons. The van der Waals surface area contributed by atoms with Crippen LogP contribution in [0.25, 0.3) is 0 Å². The number of nitrogens with zero attached hydrogens (tertiary/aromatic N) is 2. The van der Waals surface area contributed by atoms with Crippen molar-refractivity contribution in [2.45, 2.75) is 12.8 Å².